The number of hydrogen-bond acceptors (Lipinski definition) is 3. The van der Waals surface area contributed by atoms with Gasteiger partial charge in [-0.3, -0.25) is 14.6 Å². The molecule has 19 heavy (non-hydrogen) atoms. The fourth-order valence-corrected chi connectivity index (χ4v) is 1.97. The Hall–Kier alpha value is -2.20. The lowest BCUT2D eigenvalue weighted by Crippen LogP contribution is -2.29. The smallest absolute Gasteiger partial charge is 0.251 e. The molecule has 1 atom stereocenters. The number of nitrogens with one attached hydrogen (secondary N) is 1. The Balaban J connectivity index is 2.22. The standard InChI is InChI=1S/C15H16N2O2/c1-19-17-15(18)14(13-5-3-2-4-6-13)11-12-7-9-16-10-8-12/h2-10,14H,11H2,1H3,(H,17,18). The Labute approximate surface area is 112 Å². The number of amides is 1. The van der Waals surface area contributed by atoms with Crippen molar-refractivity contribution in [2.75, 3.05) is 7.11 Å². The summed E-state index contributed by atoms with van der Waals surface area (Å²) in [5.41, 5.74) is 4.44. The van der Waals surface area contributed by atoms with Crippen molar-refractivity contribution in [1.29, 1.82) is 0 Å². The van der Waals surface area contributed by atoms with Crippen LogP contribution in [0.3, 0.4) is 0 Å². The maximum Gasteiger partial charge on any atom is 0.251 e. The average molecular weight is 256 g/mol. The molecule has 1 heterocycles. The Bertz CT molecular complexity index is 514. The third kappa shape index (κ3) is 3.63. The first kappa shape index (κ1) is 13.2. The van der Waals surface area contributed by atoms with Gasteiger partial charge in [0.2, 0.25) is 0 Å². The van der Waals surface area contributed by atoms with E-state index >= 15 is 0 Å². The minimum Gasteiger partial charge on any atom is -0.277 e. The minimum absolute atomic E-state index is 0.148. The first-order valence-electron chi connectivity index (χ1n) is 6.08. The van der Waals surface area contributed by atoms with E-state index in [4.69, 9.17) is 4.84 Å². The van der Waals surface area contributed by atoms with E-state index in [2.05, 4.69) is 10.5 Å². The molecule has 1 aromatic heterocycles. The highest BCUT2D eigenvalue weighted by atomic mass is 16.6. The molecule has 1 amide bonds. The third-order valence-corrected chi connectivity index (χ3v) is 2.91. The summed E-state index contributed by atoms with van der Waals surface area (Å²) in [6.07, 6.45) is 4.07. The van der Waals surface area contributed by atoms with Crippen molar-refractivity contribution in [2.24, 2.45) is 0 Å². The van der Waals surface area contributed by atoms with Gasteiger partial charge >= 0.3 is 0 Å². The Morgan fingerprint density at radius 3 is 2.53 bits per heavy atom. The van der Waals surface area contributed by atoms with Crippen LogP contribution in [0.15, 0.2) is 54.9 Å². The van der Waals surface area contributed by atoms with Crippen LogP contribution in [0.5, 0.6) is 0 Å². The largest absolute Gasteiger partial charge is 0.277 e. The molecule has 0 aliphatic heterocycles. The highest BCUT2D eigenvalue weighted by Crippen LogP contribution is 2.20. The van der Waals surface area contributed by atoms with Crippen LogP contribution < -0.4 is 5.48 Å². The molecule has 0 saturated carbocycles. The number of benzene rings is 1. The van der Waals surface area contributed by atoms with Crippen molar-refractivity contribution in [2.45, 2.75) is 12.3 Å². The van der Waals surface area contributed by atoms with Gasteiger partial charge in [0.25, 0.3) is 5.91 Å². The molecule has 0 aliphatic rings. The molecule has 2 rings (SSSR count). The predicted molar refractivity (Wildman–Crippen MR) is 72.3 cm³/mol. The van der Waals surface area contributed by atoms with Gasteiger partial charge in [-0.05, 0) is 29.7 Å². The van der Waals surface area contributed by atoms with Crippen molar-refractivity contribution in [3.63, 3.8) is 0 Å². The first-order chi connectivity index (χ1) is 9.31. The number of hydrogen-bond donors (Lipinski definition) is 1. The van der Waals surface area contributed by atoms with Gasteiger partial charge in [-0.1, -0.05) is 30.3 Å². The van der Waals surface area contributed by atoms with Crippen LogP contribution >= 0.6 is 0 Å². The molecular formula is C15H16N2O2. The molecule has 2 aromatic rings. The second kappa shape index (κ2) is 6.66. The van der Waals surface area contributed by atoms with Gasteiger partial charge in [-0.15, -0.1) is 0 Å². The summed E-state index contributed by atoms with van der Waals surface area (Å²) < 4.78 is 0. The molecule has 0 saturated heterocycles. The first-order valence-corrected chi connectivity index (χ1v) is 6.08. The molecule has 0 fully saturated rings. The lowest BCUT2D eigenvalue weighted by Gasteiger charge is -2.16. The van der Waals surface area contributed by atoms with E-state index in [1.807, 2.05) is 42.5 Å². The highest BCUT2D eigenvalue weighted by Gasteiger charge is 2.20. The minimum atomic E-state index is -0.274. The fourth-order valence-electron chi connectivity index (χ4n) is 1.97. The lowest BCUT2D eigenvalue weighted by atomic mass is 9.92. The molecule has 4 heteroatoms. The highest BCUT2D eigenvalue weighted by molar-refractivity contribution is 5.83. The van der Waals surface area contributed by atoms with Gasteiger partial charge in [-0.25, -0.2) is 5.48 Å². The van der Waals surface area contributed by atoms with E-state index in [1.165, 1.54) is 7.11 Å². The zero-order chi connectivity index (χ0) is 13.5. The maximum absolute atomic E-state index is 12.1. The van der Waals surface area contributed by atoms with E-state index in [1.54, 1.807) is 12.4 Å². The van der Waals surface area contributed by atoms with Crippen LogP contribution in [0, 0.1) is 0 Å². The van der Waals surface area contributed by atoms with Gasteiger partial charge in [0, 0.05) is 12.4 Å². The number of nitrogens with zero attached hydrogens (tertiary/aromatic N) is 1. The van der Waals surface area contributed by atoms with Gasteiger partial charge in [0.15, 0.2) is 0 Å². The Kier molecular flexibility index (Phi) is 4.64. The lowest BCUT2D eigenvalue weighted by molar-refractivity contribution is -0.132. The average Bonchev–Trinajstić information content (AvgIpc) is 2.47. The van der Waals surface area contributed by atoms with Crippen LogP contribution in [-0.4, -0.2) is 18.0 Å². The van der Waals surface area contributed by atoms with E-state index in [0.717, 1.165) is 11.1 Å². The summed E-state index contributed by atoms with van der Waals surface area (Å²) in [7, 11) is 1.44. The van der Waals surface area contributed by atoms with Crippen LogP contribution in [0.2, 0.25) is 0 Å². The summed E-state index contributed by atoms with van der Waals surface area (Å²) in [6, 6.07) is 13.5. The van der Waals surface area contributed by atoms with E-state index in [0.29, 0.717) is 6.42 Å². The zero-order valence-electron chi connectivity index (χ0n) is 10.7. The quantitative estimate of drug-likeness (QED) is 0.833. The summed E-state index contributed by atoms with van der Waals surface area (Å²) in [5, 5.41) is 0. The fraction of sp³-hybridized carbons (Fsp3) is 0.200. The van der Waals surface area contributed by atoms with Crippen LogP contribution in [0.1, 0.15) is 17.0 Å². The van der Waals surface area contributed by atoms with Gasteiger partial charge in [0.1, 0.15) is 0 Å². The molecule has 0 bridgehead atoms. The van der Waals surface area contributed by atoms with Crippen LogP contribution in [0.4, 0.5) is 0 Å². The molecule has 0 aliphatic carbocycles. The number of carbonyl (C=O) groups is 1. The van der Waals surface area contributed by atoms with E-state index in [9.17, 15) is 4.79 Å². The molecule has 0 radical (unpaired) electrons. The molecule has 1 unspecified atom stereocenters. The van der Waals surface area contributed by atoms with Crippen molar-refractivity contribution in [3.8, 4) is 0 Å². The topological polar surface area (TPSA) is 51.2 Å². The van der Waals surface area contributed by atoms with Crippen molar-refractivity contribution in [3.05, 3.63) is 66.0 Å². The summed E-state index contributed by atoms with van der Waals surface area (Å²) >= 11 is 0. The van der Waals surface area contributed by atoms with Crippen molar-refractivity contribution < 1.29 is 9.63 Å². The number of pyridine rings is 1. The molecule has 1 N–H and O–H groups in total. The van der Waals surface area contributed by atoms with Gasteiger partial charge in [-0.2, -0.15) is 0 Å². The Morgan fingerprint density at radius 2 is 1.89 bits per heavy atom. The summed E-state index contributed by atoms with van der Waals surface area (Å²) in [5.74, 6) is -0.422. The number of rotatable bonds is 5. The number of aromatic nitrogens is 1. The van der Waals surface area contributed by atoms with Crippen LogP contribution in [-0.2, 0) is 16.1 Å². The second-order valence-electron chi connectivity index (χ2n) is 4.19. The number of hydroxylamine groups is 1. The molecular weight excluding hydrogens is 240 g/mol. The summed E-state index contributed by atoms with van der Waals surface area (Å²) in [6.45, 7) is 0. The van der Waals surface area contributed by atoms with Gasteiger partial charge < -0.3 is 0 Å². The maximum atomic E-state index is 12.1. The molecule has 98 valence electrons. The monoisotopic (exact) mass is 256 g/mol. The SMILES string of the molecule is CONC(=O)C(Cc1ccncc1)c1ccccc1. The van der Waals surface area contributed by atoms with E-state index < -0.39 is 0 Å². The normalized spacial score (nSPS) is 11.8. The molecule has 4 nitrogen and oxygen atoms in total. The number of carbonyl (C=O) groups excluding carboxylic acids is 1. The van der Waals surface area contributed by atoms with Crippen molar-refractivity contribution in [1.82, 2.24) is 10.5 Å². The second-order valence-corrected chi connectivity index (χ2v) is 4.19. The third-order valence-electron chi connectivity index (χ3n) is 2.91. The zero-order valence-corrected chi connectivity index (χ0v) is 10.7. The molecule has 0 spiro atoms. The van der Waals surface area contributed by atoms with Crippen LogP contribution in [0.25, 0.3) is 0 Å². The van der Waals surface area contributed by atoms with Gasteiger partial charge in [0.05, 0.1) is 13.0 Å². The van der Waals surface area contributed by atoms with E-state index in [-0.39, 0.29) is 11.8 Å². The van der Waals surface area contributed by atoms with Crippen molar-refractivity contribution >= 4 is 5.91 Å². The Morgan fingerprint density at radius 1 is 1.21 bits per heavy atom. The predicted octanol–water partition coefficient (Wildman–Crippen LogP) is 2.09. The summed E-state index contributed by atoms with van der Waals surface area (Å²) in [4.78, 5) is 20.8. The molecule has 1 aromatic carbocycles.